The van der Waals surface area contributed by atoms with Crippen molar-refractivity contribution in [1.82, 2.24) is 0 Å². The summed E-state index contributed by atoms with van der Waals surface area (Å²) < 4.78 is 15.6. The average molecular weight is 330 g/mol. The van der Waals surface area contributed by atoms with Gasteiger partial charge in [-0.1, -0.05) is 0 Å². The van der Waals surface area contributed by atoms with E-state index in [-0.39, 0.29) is 45.1 Å². The van der Waals surface area contributed by atoms with Crippen molar-refractivity contribution in [2.75, 3.05) is 14.2 Å². The normalized spacial score (nSPS) is 10.8. The number of phenolic OH excluding ortho intramolecular Hbond substituents is 3. The van der Waals surface area contributed by atoms with Crippen molar-refractivity contribution >= 4 is 11.0 Å². The van der Waals surface area contributed by atoms with E-state index in [4.69, 9.17) is 13.9 Å². The topological polar surface area (TPSA) is 109 Å². The summed E-state index contributed by atoms with van der Waals surface area (Å²) >= 11 is 0. The van der Waals surface area contributed by atoms with Crippen molar-refractivity contribution < 1.29 is 29.2 Å². The number of fused-ring (bicyclic) bond motifs is 1. The number of hydrogen-bond donors (Lipinski definition) is 3. The molecule has 0 amide bonds. The fourth-order valence-corrected chi connectivity index (χ4v) is 2.50. The summed E-state index contributed by atoms with van der Waals surface area (Å²) in [5, 5.41) is 29.3. The zero-order chi connectivity index (χ0) is 17.4. The Morgan fingerprint density at radius 2 is 1.58 bits per heavy atom. The van der Waals surface area contributed by atoms with Crippen molar-refractivity contribution in [3.8, 4) is 39.9 Å². The molecule has 124 valence electrons. The first kappa shape index (κ1) is 15.5. The van der Waals surface area contributed by atoms with Crippen molar-refractivity contribution in [2.45, 2.75) is 0 Å². The summed E-state index contributed by atoms with van der Waals surface area (Å²) in [6.07, 6.45) is 1.17. The van der Waals surface area contributed by atoms with Gasteiger partial charge in [0.25, 0.3) is 0 Å². The molecule has 3 aromatic rings. The molecule has 0 atom stereocenters. The Labute approximate surface area is 135 Å². The fraction of sp³-hybridized carbons (Fsp3) is 0.118. The van der Waals surface area contributed by atoms with Crippen LogP contribution in [0.4, 0.5) is 0 Å². The van der Waals surface area contributed by atoms with E-state index >= 15 is 0 Å². The third kappa shape index (κ3) is 2.36. The lowest BCUT2D eigenvalue weighted by Gasteiger charge is -2.12. The predicted octanol–water partition coefficient (Wildman–Crippen LogP) is 2.59. The Morgan fingerprint density at radius 1 is 0.875 bits per heavy atom. The van der Waals surface area contributed by atoms with E-state index in [9.17, 15) is 20.1 Å². The zero-order valence-corrected chi connectivity index (χ0v) is 12.9. The van der Waals surface area contributed by atoms with Gasteiger partial charge in [0.2, 0.25) is 5.43 Å². The van der Waals surface area contributed by atoms with Gasteiger partial charge in [0.05, 0.1) is 19.8 Å². The highest BCUT2D eigenvalue weighted by Gasteiger charge is 2.19. The van der Waals surface area contributed by atoms with Gasteiger partial charge in [0.1, 0.15) is 34.5 Å². The Balaban J connectivity index is 2.33. The van der Waals surface area contributed by atoms with Crippen LogP contribution in [0.5, 0.6) is 28.7 Å². The number of methoxy groups -OCH3 is 2. The minimum absolute atomic E-state index is 0.0398. The smallest absolute Gasteiger partial charge is 0.204 e. The first-order chi connectivity index (χ1) is 11.5. The van der Waals surface area contributed by atoms with Crippen LogP contribution in [0, 0.1) is 0 Å². The molecule has 0 aliphatic heterocycles. The minimum Gasteiger partial charge on any atom is -0.508 e. The highest BCUT2D eigenvalue weighted by atomic mass is 16.5. The summed E-state index contributed by atoms with van der Waals surface area (Å²) in [4.78, 5) is 12.7. The number of phenols is 3. The zero-order valence-electron chi connectivity index (χ0n) is 12.9. The molecule has 0 aliphatic carbocycles. The summed E-state index contributed by atoms with van der Waals surface area (Å²) in [7, 11) is 2.80. The van der Waals surface area contributed by atoms with Crippen LogP contribution < -0.4 is 14.9 Å². The molecule has 0 spiro atoms. The van der Waals surface area contributed by atoms with E-state index in [2.05, 4.69) is 0 Å². The van der Waals surface area contributed by atoms with Crippen LogP contribution in [0.3, 0.4) is 0 Å². The van der Waals surface area contributed by atoms with E-state index < -0.39 is 11.2 Å². The van der Waals surface area contributed by atoms with E-state index in [0.29, 0.717) is 0 Å². The molecule has 7 heteroatoms. The summed E-state index contributed by atoms with van der Waals surface area (Å²) in [5.41, 5.74) is -0.133. The van der Waals surface area contributed by atoms with E-state index in [1.165, 1.54) is 38.7 Å². The van der Waals surface area contributed by atoms with Gasteiger partial charge in [-0.15, -0.1) is 0 Å². The Morgan fingerprint density at radius 3 is 2.25 bits per heavy atom. The van der Waals surface area contributed by atoms with Crippen molar-refractivity contribution in [1.29, 1.82) is 0 Å². The van der Waals surface area contributed by atoms with Gasteiger partial charge < -0.3 is 29.2 Å². The van der Waals surface area contributed by atoms with Crippen molar-refractivity contribution in [3.63, 3.8) is 0 Å². The molecule has 3 N–H and O–H groups in total. The Kier molecular flexibility index (Phi) is 3.69. The molecule has 0 saturated heterocycles. The predicted molar refractivity (Wildman–Crippen MR) is 86.0 cm³/mol. The minimum atomic E-state index is -0.531. The second-order valence-electron chi connectivity index (χ2n) is 5.04. The second-order valence-corrected chi connectivity index (χ2v) is 5.04. The van der Waals surface area contributed by atoms with E-state index in [1.54, 1.807) is 0 Å². The van der Waals surface area contributed by atoms with Crippen LogP contribution in [0.1, 0.15) is 0 Å². The number of aromatic hydroxyl groups is 3. The number of ether oxygens (including phenoxy) is 2. The summed E-state index contributed by atoms with van der Waals surface area (Å²) in [6, 6.07) is 5.02. The fourth-order valence-electron chi connectivity index (χ4n) is 2.50. The van der Waals surface area contributed by atoms with Crippen LogP contribution in [0.15, 0.2) is 39.7 Å². The second kappa shape index (κ2) is 5.69. The molecule has 7 nitrogen and oxygen atoms in total. The number of benzene rings is 2. The van der Waals surface area contributed by atoms with Gasteiger partial charge in [-0.2, -0.15) is 0 Å². The first-order valence-corrected chi connectivity index (χ1v) is 6.89. The maximum atomic E-state index is 12.7. The van der Waals surface area contributed by atoms with Gasteiger partial charge in [-0.25, -0.2) is 0 Å². The molecule has 0 fully saturated rings. The highest BCUT2D eigenvalue weighted by molar-refractivity contribution is 5.89. The molecule has 0 radical (unpaired) electrons. The molecule has 0 unspecified atom stereocenters. The summed E-state index contributed by atoms with van der Waals surface area (Å²) in [5.74, 6) is -0.335. The third-order valence-electron chi connectivity index (χ3n) is 3.63. The average Bonchev–Trinajstić information content (AvgIpc) is 2.54. The SMILES string of the molecule is COc1cc(OC)c(-c2coc3cc(O)cc(O)c3c2=O)cc1O. The van der Waals surface area contributed by atoms with Crippen LogP contribution in [-0.4, -0.2) is 29.5 Å². The van der Waals surface area contributed by atoms with Gasteiger partial charge in [-0.3, -0.25) is 4.79 Å². The van der Waals surface area contributed by atoms with Crippen molar-refractivity contribution in [3.05, 3.63) is 40.8 Å². The van der Waals surface area contributed by atoms with E-state index in [1.807, 2.05) is 0 Å². The van der Waals surface area contributed by atoms with Gasteiger partial charge >= 0.3 is 0 Å². The Hall–Kier alpha value is -3.35. The van der Waals surface area contributed by atoms with E-state index in [0.717, 1.165) is 6.07 Å². The van der Waals surface area contributed by atoms with Gasteiger partial charge in [0, 0.05) is 23.8 Å². The van der Waals surface area contributed by atoms with Gasteiger partial charge in [0.15, 0.2) is 11.5 Å². The molecule has 0 bridgehead atoms. The Bertz CT molecular complexity index is 988. The molecular formula is C17H14O7. The lowest BCUT2D eigenvalue weighted by molar-refractivity contribution is 0.365. The highest BCUT2D eigenvalue weighted by Crippen LogP contribution is 2.39. The van der Waals surface area contributed by atoms with Crippen molar-refractivity contribution in [2.24, 2.45) is 0 Å². The molecule has 1 heterocycles. The molecular weight excluding hydrogens is 316 g/mol. The number of rotatable bonds is 3. The van der Waals surface area contributed by atoms with Crippen LogP contribution in [0.2, 0.25) is 0 Å². The molecule has 2 aromatic carbocycles. The quantitative estimate of drug-likeness (QED) is 0.677. The molecule has 3 rings (SSSR count). The third-order valence-corrected chi connectivity index (χ3v) is 3.63. The lowest BCUT2D eigenvalue weighted by atomic mass is 10.0. The van der Waals surface area contributed by atoms with Crippen LogP contribution >= 0.6 is 0 Å². The van der Waals surface area contributed by atoms with Crippen LogP contribution in [-0.2, 0) is 0 Å². The molecule has 0 saturated carbocycles. The van der Waals surface area contributed by atoms with Crippen LogP contribution in [0.25, 0.3) is 22.1 Å². The standard InChI is InChI=1S/C17H14O7/c1-22-13-6-14(23-2)11(19)5-9(13)10-7-24-15-4-8(18)3-12(20)16(15)17(10)21/h3-7,18-20H,1-2H3. The molecule has 1 aromatic heterocycles. The molecule has 0 aliphatic rings. The monoisotopic (exact) mass is 330 g/mol. The number of hydrogen-bond acceptors (Lipinski definition) is 7. The molecule has 24 heavy (non-hydrogen) atoms. The maximum Gasteiger partial charge on any atom is 0.204 e. The first-order valence-electron chi connectivity index (χ1n) is 6.89. The lowest BCUT2D eigenvalue weighted by Crippen LogP contribution is -2.06. The maximum absolute atomic E-state index is 12.7. The summed E-state index contributed by atoms with van der Waals surface area (Å²) in [6.45, 7) is 0. The largest absolute Gasteiger partial charge is 0.508 e. The van der Waals surface area contributed by atoms with Gasteiger partial charge in [-0.05, 0) is 6.07 Å².